The van der Waals surface area contributed by atoms with Gasteiger partial charge in [-0.25, -0.2) is 14.6 Å². The number of nitrogens with one attached hydrogen (secondary N) is 1. The third kappa shape index (κ3) is 5.97. The van der Waals surface area contributed by atoms with Gasteiger partial charge in [0.25, 0.3) is 0 Å². The van der Waals surface area contributed by atoms with Crippen molar-refractivity contribution >= 4 is 32.0 Å². The van der Waals surface area contributed by atoms with E-state index in [-0.39, 0.29) is 24.8 Å². The second kappa shape index (κ2) is 10.7. The van der Waals surface area contributed by atoms with Crippen LogP contribution in [0.4, 0.5) is 4.39 Å². The van der Waals surface area contributed by atoms with Crippen LogP contribution in [0.15, 0.2) is 15.0 Å². The standard InChI is InChI=1S/C18H30FN6O8P/c1-4-31-17(28)9(5-8(2)3)24-34(29,30)32-6-10-12(26)13(27)16(33-10)25-7-21-11-14(20)22-18(19)23-15(11)25/h7-13,15-16,26-27H,4-6H2,1-3H3,(H2,20,22,23)(H2,24,29,30)/t9-,10+,11?,12+,13-,15?,16+/m0/s1. The zero-order valence-corrected chi connectivity index (χ0v) is 19.8. The fraction of sp³-hybridized carbons (Fsp3) is 0.778. The number of nitrogens with two attached hydrogens (primary N) is 1. The summed E-state index contributed by atoms with van der Waals surface area (Å²) in [6, 6.07) is -1.88. The number of hydrogen-bond acceptors (Lipinski definition) is 12. The Morgan fingerprint density at radius 1 is 1.41 bits per heavy atom. The smallest absolute Gasteiger partial charge is 0.403 e. The van der Waals surface area contributed by atoms with Crippen molar-refractivity contribution in [2.45, 2.75) is 70.0 Å². The quantitative estimate of drug-likeness (QED) is 0.136. The monoisotopic (exact) mass is 508 g/mol. The normalized spacial score (nSPS) is 33.4. The zero-order chi connectivity index (χ0) is 25.2. The van der Waals surface area contributed by atoms with E-state index in [1.807, 2.05) is 13.8 Å². The molecule has 0 aromatic rings. The molecule has 16 heteroatoms. The topological polar surface area (TPSA) is 201 Å². The number of aliphatic hydroxyl groups is 2. The maximum Gasteiger partial charge on any atom is 0.403 e. The Morgan fingerprint density at radius 2 is 2.12 bits per heavy atom. The van der Waals surface area contributed by atoms with E-state index in [4.69, 9.17) is 19.7 Å². The number of amidine groups is 2. The van der Waals surface area contributed by atoms with Gasteiger partial charge in [-0.15, -0.1) is 0 Å². The first-order chi connectivity index (χ1) is 15.9. The summed E-state index contributed by atoms with van der Waals surface area (Å²) >= 11 is 0. The second-order valence-corrected chi connectivity index (χ2v) is 9.99. The minimum absolute atomic E-state index is 0.00937. The number of nitrogens with zero attached hydrogens (tertiary/aromatic N) is 4. The van der Waals surface area contributed by atoms with Gasteiger partial charge in [0.15, 0.2) is 12.4 Å². The van der Waals surface area contributed by atoms with Crippen molar-refractivity contribution in [2.24, 2.45) is 26.6 Å². The highest BCUT2D eigenvalue weighted by Crippen LogP contribution is 2.40. The molecule has 0 spiro atoms. The first-order valence-electron chi connectivity index (χ1n) is 10.7. The van der Waals surface area contributed by atoms with Crippen LogP contribution in [0.5, 0.6) is 0 Å². The highest BCUT2D eigenvalue weighted by atomic mass is 31.2. The Morgan fingerprint density at radius 3 is 2.76 bits per heavy atom. The maximum atomic E-state index is 13.7. The van der Waals surface area contributed by atoms with E-state index in [0.29, 0.717) is 0 Å². The third-order valence-electron chi connectivity index (χ3n) is 5.35. The van der Waals surface area contributed by atoms with Gasteiger partial charge in [-0.1, -0.05) is 13.8 Å². The van der Waals surface area contributed by atoms with Gasteiger partial charge in [0.05, 0.1) is 19.6 Å². The Hall–Kier alpha value is -2.00. The third-order valence-corrected chi connectivity index (χ3v) is 6.49. The molecular formula is C18H30FN6O8P. The van der Waals surface area contributed by atoms with Crippen LogP contribution in [0.25, 0.3) is 0 Å². The lowest BCUT2D eigenvalue weighted by atomic mass is 10.1. The molecule has 0 aromatic heterocycles. The Kier molecular flexibility index (Phi) is 8.39. The molecule has 14 nitrogen and oxygen atoms in total. The van der Waals surface area contributed by atoms with Crippen molar-refractivity contribution in [1.82, 2.24) is 9.99 Å². The average Bonchev–Trinajstić information content (AvgIpc) is 3.27. The fourth-order valence-electron chi connectivity index (χ4n) is 3.79. The molecule has 1 saturated heterocycles. The van der Waals surface area contributed by atoms with Crippen LogP contribution in [0.3, 0.4) is 0 Å². The molecule has 3 unspecified atom stereocenters. The van der Waals surface area contributed by atoms with E-state index in [9.17, 15) is 28.9 Å². The van der Waals surface area contributed by atoms with Gasteiger partial charge in [0.1, 0.15) is 36.2 Å². The Balaban J connectivity index is 1.62. The molecule has 0 bridgehead atoms. The Bertz CT molecular complexity index is 904. The average molecular weight is 508 g/mol. The highest BCUT2D eigenvalue weighted by Gasteiger charge is 2.51. The number of aliphatic imine (C=N–C) groups is 3. The van der Waals surface area contributed by atoms with E-state index in [1.54, 1.807) is 6.92 Å². The number of fused-ring (bicyclic) bond motifs is 1. The van der Waals surface area contributed by atoms with E-state index in [1.165, 1.54) is 11.2 Å². The van der Waals surface area contributed by atoms with Gasteiger partial charge in [0, 0.05) is 0 Å². The number of esters is 1. The number of hydrogen-bond donors (Lipinski definition) is 5. The number of aliphatic hydroxyl groups excluding tert-OH is 2. The molecule has 0 aromatic carbocycles. The summed E-state index contributed by atoms with van der Waals surface area (Å²) in [4.78, 5) is 34.8. The summed E-state index contributed by atoms with van der Waals surface area (Å²) in [5.74, 6) is -0.795. The van der Waals surface area contributed by atoms with Crippen molar-refractivity contribution < 1.29 is 42.9 Å². The van der Waals surface area contributed by atoms with Crippen molar-refractivity contribution in [3.05, 3.63) is 0 Å². The molecule has 0 aliphatic carbocycles. The molecule has 6 N–H and O–H groups in total. The van der Waals surface area contributed by atoms with Crippen LogP contribution in [-0.4, -0.2) is 100 Å². The lowest BCUT2D eigenvalue weighted by Gasteiger charge is -2.31. The van der Waals surface area contributed by atoms with Crippen LogP contribution >= 0.6 is 7.75 Å². The molecule has 0 radical (unpaired) electrons. The van der Waals surface area contributed by atoms with E-state index in [0.717, 1.165) is 0 Å². The van der Waals surface area contributed by atoms with Gasteiger partial charge in [0.2, 0.25) is 0 Å². The van der Waals surface area contributed by atoms with Crippen LogP contribution in [-0.2, 0) is 23.4 Å². The molecule has 3 aliphatic rings. The highest BCUT2D eigenvalue weighted by molar-refractivity contribution is 7.50. The summed E-state index contributed by atoms with van der Waals surface area (Å²) in [7, 11) is -4.53. The van der Waals surface area contributed by atoms with Gasteiger partial charge < -0.3 is 35.2 Å². The van der Waals surface area contributed by atoms with E-state index >= 15 is 0 Å². The van der Waals surface area contributed by atoms with Crippen molar-refractivity contribution in [1.29, 1.82) is 0 Å². The summed E-state index contributed by atoms with van der Waals surface area (Å²) < 4.78 is 41.8. The van der Waals surface area contributed by atoms with Crippen LogP contribution < -0.4 is 10.8 Å². The molecule has 0 amide bonds. The molecule has 8 atom stereocenters. The molecule has 3 aliphatic heterocycles. The second-order valence-electron chi connectivity index (χ2n) is 8.43. The first-order valence-corrected chi connectivity index (χ1v) is 12.3. The van der Waals surface area contributed by atoms with Crippen LogP contribution in [0.1, 0.15) is 27.2 Å². The molecule has 3 rings (SSSR count). The SMILES string of the molecule is CCOC(=O)[C@H](CC(C)C)NP(=O)(O)OC[C@H]1O[C@@H](N2C=NC3C(N)=NC(F)=NC32)[C@@H](O)[C@@H]1O. The maximum absolute atomic E-state index is 13.7. The van der Waals surface area contributed by atoms with Crippen molar-refractivity contribution in [3.63, 3.8) is 0 Å². The fourth-order valence-corrected chi connectivity index (χ4v) is 4.82. The number of carbonyl (C=O) groups is 1. The van der Waals surface area contributed by atoms with Crippen molar-refractivity contribution in [2.75, 3.05) is 13.2 Å². The number of ether oxygens (including phenoxy) is 2. The molecule has 0 saturated carbocycles. The van der Waals surface area contributed by atoms with Gasteiger partial charge in [-0.2, -0.15) is 9.38 Å². The number of carbonyl (C=O) groups excluding carboxylic acids is 1. The van der Waals surface area contributed by atoms with Crippen LogP contribution in [0, 0.1) is 5.92 Å². The lowest BCUT2D eigenvalue weighted by molar-refractivity contribution is -0.145. The first kappa shape index (κ1) is 26.6. The summed E-state index contributed by atoms with van der Waals surface area (Å²) in [5, 5.41) is 23.1. The number of rotatable bonds is 10. The van der Waals surface area contributed by atoms with E-state index < -0.39 is 69.2 Å². The molecule has 1 fully saturated rings. The van der Waals surface area contributed by atoms with E-state index in [2.05, 4.69) is 20.1 Å². The summed E-state index contributed by atoms with van der Waals surface area (Å²) in [6.45, 7) is 4.76. The molecular weight excluding hydrogens is 478 g/mol. The molecule has 192 valence electrons. The van der Waals surface area contributed by atoms with Crippen LogP contribution in [0.2, 0.25) is 0 Å². The van der Waals surface area contributed by atoms with Gasteiger partial charge >= 0.3 is 19.8 Å². The molecule has 34 heavy (non-hydrogen) atoms. The zero-order valence-electron chi connectivity index (χ0n) is 18.9. The molecule has 3 heterocycles. The Labute approximate surface area is 195 Å². The minimum Gasteiger partial charge on any atom is -0.465 e. The predicted molar refractivity (Wildman–Crippen MR) is 118 cm³/mol. The van der Waals surface area contributed by atoms with Crippen molar-refractivity contribution in [3.8, 4) is 0 Å². The largest absolute Gasteiger partial charge is 0.465 e. The summed E-state index contributed by atoms with van der Waals surface area (Å²) in [5.41, 5.74) is 5.68. The van der Waals surface area contributed by atoms with Gasteiger partial charge in [-0.05, 0) is 19.3 Å². The summed E-state index contributed by atoms with van der Waals surface area (Å²) in [6.07, 6.45) is -6.04. The van der Waals surface area contributed by atoms with Gasteiger partial charge in [-0.3, -0.25) is 14.3 Å². The minimum atomic E-state index is -4.53. The lowest BCUT2D eigenvalue weighted by Crippen LogP contribution is -2.51. The number of halogens is 1. The predicted octanol–water partition coefficient (Wildman–Crippen LogP) is -1.15.